The van der Waals surface area contributed by atoms with E-state index in [9.17, 15) is 4.79 Å². The highest BCUT2D eigenvalue weighted by atomic mass is 35.5. The number of hydrogen-bond donors (Lipinski definition) is 1. The second kappa shape index (κ2) is 12.4. The monoisotopic (exact) mass is 470 g/mol. The Labute approximate surface area is 200 Å². The summed E-state index contributed by atoms with van der Waals surface area (Å²) in [6.07, 6.45) is 5.43. The number of hydrazine groups is 1. The van der Waals surface area contributed by atoms with Gasteiger partial charge in [0.25, 0.3) is 0 Å². The number of hydrogen-bond acceptors (Lipinski definition) is 7. The molecule has 33 heavy (non-hydrogen) atoms. The molecule has 0 atom stereocenters. The van der Waals surface area contributed by atoms with Crippen LogP contribution in [0.2, 0.25) is 5.02 Å². The molecule has 1 aromatic heterocycles. The molecule has 0 spiro atoms. The molecule has 1 N–H and O–H groups in total. The number of carbonyl (C=O) groups excluding carboxylic acids is 1. The van der Waals surface area contributed by atoms with Gasteiger partial charge in [0.2, 0.25) is 11.7 Å². The summed E-state index contributed by atoms with van der Waals surface area (Å²) >= 11 is 6.24. The molecular weight excluding hydrogens is 440 g/mol. The van der Waals surface area contributed by atoms with Gasteiger partial charge < -0.3 is 4.74 Å². The van der Waals surface area contributed by atoms with Crippen LogP contribution in [-0.2, 0) is 11.2 Å². The van der Waals surface area contributed by atoms with Crippen LogP contribution in [0.1, 0.15) is 44.5 Å². The van der Waals surface area contributed by atoms with Crippen LogP contribution in [0.4, 0.5) is 5.82 Å². The average molecular weight is 471 g/mol. The van der Waals surface area contributed by atoms with Crippen molar-refractivity contribution in [1.29, 1.82) is 5.26 Å². The first-order valence-electron chi connectivity index (χ1n) is 11.4. The minimum absolute atomic E-state index is 0.00622. The molecule has 0 aliphatic carbocycles. The van der Waals surface area contributed by atoms with E-state index in [1.807, 2.05) is 44.2 Å². The van der Waals surface area contributed by atoms with E-state index in [2.05, 4.69) is 20.3 Å². The molecule has 3 rings (SSSR count). The summed E-state index contributed by atoms with van der Waals surface area (Å²) in [6, 6.07) is 9.48. The molecule has 0 radical (unpaired) electrons. The average Bonchev–Trinajstić information content (AvgIpc) is 2.80. The Hall–Kier alpha value is -2.89. The van der Waals surface area contributed by atoms with Crippen LogP contribution in [0.3, 0.4) is 0 Å². The van der Waals surface area contributed by atoms with Crippen molar-refractivity contribution in [2.24, 2.45) is 5.92 Å². The molecule has 1 aromatic carbocycles. The largest absolute Gasteiger partial charge is 0.492 e. The zero-order valence-electron chi connectivity index (χ0n) is 19.3. The third-order valence-electron chi connectivity index (χ3n) is 5.30. The molecule has 0 saturated carbocycles. The molecule has 1 aliphatic rings. The third kappa shape index (κ3) is 7.88. The van der Waals surface area contributed by atoms with E-state index in [-0.39, 0.29) is 29.1 Å². The molecule has 2 heterocycles. The first-order valence-corrected chi connectivity index (χ1v) is 11.8. The van der Waals surface area contributed by atoms with E-state index >= 15 is 0 Å². The Kier molecular flexibility index (Phi) is 9.28. The second-order valence-electron chi connectivity index (χ2n) is 8.59. The molecule has 176 valence electrons. The maximum Gasteiger partial charge on any atom is 0.242 e. The lowest BCUT2D eigenvalue weighted by Crippen LogP contribution is -2.45. The molecule has 1 amide bonds. The molecule has 1 saturated heterocycles. The SMILES string of the molecule is CC(C)CN(NC(=O)Cc1ccc(OCCN2CCCCC2)cc1)c1nc(C#N)ncc1Cl. The number of carbonyl (C=O) groups is 1. The highest BCUT2D eigenvalue weighted by molar-refractivity contribution is 6.32. The lowest BCUT2D eigenvalue weighted by atomic mass is 10.1. The normalized spacial score (nSPS) is 14.0. The zero-order valence-corrected chi connectivity index (χ0v) is 20.0. The Morgan fingerprint density at radius 3 is 2.67 bits per heavy atom. The summed E-state index contributed by atoms with van der Waals surface area (Å²) in [5.74, 6) is 1.12. The zero-order chi connectivity index (χ0) is 23.6. The Bertz CT molecular complexity index is 954. The third-order valence-corrected chi connectivity index (χ3v) is 5.57. The number of likely N-dealkylation sites (tertiary alicyclic amines) is 1. The van der Waals surface area contributed by atoms with Gasteiger partial charge >= 0.3 is 0 Å². The van der Waals surface area contributed by atoms with Crippen LogP contribution in [0, 0.1) is 17.2 Å². The Balaban J connectivity index is 1.55. The van der Waals surface area contributed by atoms with Crippen molar-refractivity contribution in [2.75, 3.05) is 37.8 Å². The maximum absolute atomic E-state index is 12.7. The van der Waals surface area contributed by atoms with Gasteiger partial charge in [-0.1, -0.05) is 44.0 Å². The van der Waals surface area contributed by atoms with E-state index in [0.29, 0.717) is 19.0 Å². The second-order valence-corrected chi connectivity index (χ2v) is 9.00. The summed E-state index contributed by atoms with van der Waals surface area (Å²) in [5, 5.41) is 10.9. The standard InChI is InChI=1S/C24H31ClN6O2/c1-18(2)17-31(24-21(25)16-27-22(15-26)28-24)29-23(32)14-19-6-8-20(9-7-19)33-13-12-30-10-4-3-5-11-30/h6-9,16,18H,3-5,10-14,17H2,1-2H3,(H,29,32). The van der Waals surface area contributed by atoms with Gasteiger partial charge in [-0.2, -0.15) is 10.2 Å². The quantitative estimate of drug-likeness (QED) is 0.530. The van der Waals surface area contributed by atoms with Gasteiger partial charge in [0, 0.05) is 13.1 Å². The van der Waals surface area contributed by atoms with E-state index in [4.69, 9.17) is 21.6 Å². The number of nitrogens with zero attached hydrogens (tertiary/aromatic N) is 5. The fourth-order valence-corrected chi connectivity index (χ4v) is 3.90. The van der Waals surface area contributed by atoms with Gasteiger partial charge in [-0.15, -0.1) is 0 Å². The van der Waals surface area contributed by atoms with Crippen LogP contribution < -0.4 is 15.2 Å². The number of benzene rings is 1. The summed E-state index contributed by atoms with van der Waals surface area (Å²) < 4.78 is 5.86. The van der Waals surface area contributed by atoms with Gasteiger partial charge in [0.05, 0.1) is 12.6 Å². The highest BCUT2D eigenvalue weighted by Crippen LogP contribution is 2.22. The van der Waals surface area contributed by atoms with E-state index in [1.165, 1.54) is 25.5 Å². The minimum atomic E-state index is -0.206. The van der Waals surface area contributed by atoms with Crippen LogP contribution in [0.25, 0.3) is 0 Å². The molecule has 0 unspecified atom stereocenters. The van der Waals surface area contributed by atoms with Crippen molar-refractivity contribution in [3.05, 3.63) is 46.9 Å². The highest BCUT2D eigenvalue weighted by Gasteiger charge is 2.18. The number of nitrogens with one attached hydrogen (secondary N) is 1. The topological polar surface area (TPSA) is 94.4 Å². The molecule has 0 bridgehead atoms. The summed E-state index contributed by atoms with van der Waals surface area (Å²) in [7, 11) is 0. The van der Waals surface area contributed by atoms with Gasteiger partial charge in [-0.25, -0.2) is 4.98 Å². The summed E-state index contributed by atoms with van der Waals surface area (Å²) in [4.78, 5) is 23.2. The van der Waals surface area contributed by atoms with Crippen LogP contribution >= 0.6 is 11.6 Å². The minimum Gasteiger partial charge on any atom is -0.492 e. The number of piperidine rings is 1. The lowest BCUT2D eigenvalue weighted by molar-refractivity contribution is -0.120. The predicted molar refractivity (Wildman–Crippen MR) is 128 cm³/mol. The number of rotatable bonds is 10. The molecular formula is C24H31ClN6O2. The molecule has 1 fully saturated rings. The van der Waals surface area contributed by atoms with Crippen molar-refractivity contribution >= 4 is 23.3 Å². The number of aromatic nitrogens is 2. The fraction of sp³-hybridized carbons (Fsp3) is 0.500. The Morgan fingerprint density at radius 1 is 1.27 bits per heavy atom. The van der Waals surface area contributed by atoms with E-state index in [1.54, 1.807) is 5.01 Å². The lowest BCUT2D eigenvalue weighted by Gasteiger charge is -2.26. The van der Waals surface area contributed by atoms with Crippen molar-refractivity contribution in [3.63, 3.8) is 0 Å². The first kappa shape index (κ1) is 24.7. The summed E-state index contributed by atoms with van der Waals surface area (Å²) in [5.41, 5.74) is 3.73. The van der Waals surface area contributed by atoms with Crippen molar-refractivity contribution in [3.8, 4) is 11.8 Å². The Morgan fingerprint density at radius 2 is 2.00 bits per heavy atom. The van der Waals surface area contributed by atoms with Gasteiger partial charge in [-0.3, -0.25) is 20.1 Å². The van der Waals surface area contributed by atoms with Gasteiger partial charge in [0.1, 0.15) is 23.4 Å². The van der Waals surface area contributed by atoms with E-state index in [0.717, 1.165) is 30.9 Å². The molecule has 2 aromatic rings. The number of halogens is 1. The summed E-state index contributed by atoms with van der Waals surface area (Å²) in [6.45, 7) is 8.43. The maximum atomic E-state index is 12.7. The van der Waals surface area contributed by atoms with E-state index < -0.39 is 0 Å². The smallest absolute Gasteiger partial charge is 0.242 e. The van der Waals surface area contributed by atoms with Crippen LogP contribution in [0.5, 0.6) is 5.75 Å². The molecule has 9 heteroatoms. The number of amides is 1. The van der Waals surface area contributed by atoms with Crippen LogP contribution in [0.15, 0.2) is 30.5 Å². The first-order chi connectivity index (χ1) is 15.9. The van der Waals surface area contributed by atoms with Crippen molar-refractivity contribution in [2.45, 2.75) is 39.5 Å². The molecule has 8 nitrogen and oxygen atoms in total. The fourth-order valence-electron chi connectivity index (χ4n) is 3.71. The van der Waals surface area contributed by atoms with Gasteiger partial charge in [-0.05, 0) is 49.5 Å². The van der Waals surface area contributed by atoms with Gasteiger partial charge in [0.15, 0.2) is 5.82 Å². The number of anilines is 1. The predicted octanol–water partition coefficient (Wildman–Crippen LogP) is 3.60. The number of nitriles is 1. The molecule has 1 aliphatic heterocycles. The van der Waals surface area contributed by atoms with Crippen molar-refractivity contribution < 1.29 is 9.53 Å². The number of ether oxygens (including phenoxy) is 1. The van der Waals surface area contributed by atoms with Crippen molar-refractivity contribution in [1.82, 2.24) is 20.3 Å². The van der Waals surface area contributed by atoms with Crippen LogP contribution in [-0.4, -0.2) is 53.6 Å².